The Hall–Kier alpha value is -2.24. The standard InChI is InChI=1S/C15H19NO5/c1-20-12-8-4-7-11(14(12)18)15(19)21-9-13(17)16-10-5-2-3-6-10/h4,7-8,10,18H,2-3,5-6,9H2,1H3,(H,16,17). The average molecular weight is 293 g/mol. The Morgan fingerprint density at radius 1 is 1.33 bits per heavy atom. The van der Waals surface area contributed by atoms with Crippen molar-refractivity contribution in [1.82, 2.24) is 5.32 Å². The number of rotatable bonds is 5. The molecule has 114 valence electrons. The molecule has 6 heteroatoms. The lowest BCUT2D eigenvalue weighted by atomic mass is 10.2. The molecule has 0 unspecified atom stereocenters. The number of benzene rings is 1. The summed E-state index contributed by atoms with van der Waals surface area (Å²) < 4.78 is 9.83. The number of amides is 1. The Balaban J connectivity index is 1.88. The Labute approximate surface area is 123 Å². The number of hydrogen-bond donors (Lipinski definition) is 2. The van der Waals surface area contributed by atoms with E-state index in [0.717, 1.165) is 25.7 Å². The van der Waals surface area contributed by atoms with E-state index in [2.05, 4.69) is 5.32 Å². The normalized spacial score (nSPS) is 14.7. The molecule has 2 N–H and O–H groups in total. The third kappa shape index (κ3) is 3.87. The number of methoxy groups -OCH3 is 1. The van der Waals surface area contributed by atoms with Crippen LogP contribution in [-0.2, 0) is 9.53 Å². The Kier molecular flexibility index (Phi) is 5.03. The first-order valence-electron chi connectivity index (χ1n) is 6.94. The van der Waals surface area contributed by atoms with Crippen LogP contribution in [0.5, 0.6) is 11.5 Å². The van der Waals surface area contributed by atoms with Gasteiger partial charge in [0, 0.05) is 6.04 Å². The first-order chi connectivity index (χ1) is 10.1. The summed E-state index contributed by atoms with van der Waals surface area (Å²) >= 11 is 0. The highest BCUT2D eigenvalue weighted by Crippen LogP contribution is 2.29. The number of hydrogen-bond acceptors (Lipinski definition) is 5. The largest absolute Gasteiger partial charge is 0.504 e. The van der Waals surface area contributed by atoms with Crippen molar-refractivity contribution >= 4 is 11.9 Å². The summed E-state index contributed by atoms with van der Waals surface area (Å²) in [7, 11) is 1.39. The highest BCUT2D eigenvalue weighted by atomic mass is 16.5. The maximum atomic E-state index is 11.9. The summed E-state index contributed by atoms with van der Waals surface area (Å²) in [5, 5.41) is 12.6. The van der Waals surface area contributed by atoms with Crippen molar-refractivity contribution in [2.45, 2.75) is 31.7 Å². The summed E-state index contributed by atoms with van der Waals surface area (Å²) in [6.07, 6.45) is 4.16. The maximum absolute atomic E-state index is 11.9. The molecule has 1 aliphatic carbocycles. The molecule has 0 aromatic heterocycles. The van der Waals surface area contributed by atoms with Gasteiger partial charge < -0.3 is 19.9 Å². The van der Waals surface area contributed by atoms with Crippen LogP contribution in [0.1, 0.15) is 36.0 Å². The molecule has 1 aromatic rings. The van der Waals surface area contributed by atoms with E-state index in [1.165, 1.54) is 19.2 Å². The minimum Gasteiger partial charge on any atom is -0.504 e. The van der Waals surface area contributed by atoms with Gasteiger partial charge in [-0.2, -0.15) is 0 Å². The predicted molar refractivity (Wildman–Crippen MR) is 75.3 cm³/mol. The third-order valence-corrected chi connectivity index (χ3v) is 3.49. The molecule has 21 heavy (non-hydrogen) atoms. The molecule has 0 atom stereocenters. The van der Waals surface area contributed by atoms with E-state index in [-0.39, 0.29) is 35.6 Å². The summed E-state index contributed by atoms with van der Waals surface area (Å²) in [6.45, 7) is -0.355. The number of esters is 1. The van der Waals surface area contributed by atoms with Crippen LogP contribution in [0.4, 0.5) is 0 Å². The molecule has 0 spiro atoms. The van der Waals surface area contributed by atoms with Crippen LogP contribution >= 0.6 is 0 Å². The second kappa shape index (κ2) is 6.97. The number of nitrogens with one attached hydrogen (secondary N) is 1. The summed E-state index contributed by atoms with van der Waals surface area (Å²) in [6, 6.07) is 4.68. The van der Waals surface area contributed by atoms with Gasteiger partial charge in [-0.25, -0.2) is 4.79 Å². The molecule has 1 fully saturated rings. The van der Waals surface area contributed by atoms with Crippen molar-refractivity contribution in [2.24, 2.45) is 0 Å². The molecule has 1 aliphatic rings. The van der Waals surface area contributed by atoms with Gasteiger partial charge in [0.05, 0.1) is 7.11 Å². The molecule has 1 aromatic carbocycles. The number of phenolic OH excluding ortho intramolecular Hbond substituents is 1. The van der Waals surface area contributed by atoms with Crippen LogP contribution in [0, 0.1) is 0 Å². The first kappa shape index (κ1) is 15.2. The molecule has 1 amide bonds. The second-order valence-electron chi connectivity index (χ2n) is 4.98. The minimum absolute atomic E-state index is 0.0250. The average Bonchev–Trinajstić information content (AvgIpc) is 2.98. The van der Waals surface area contributed by atoms with Crippen LogP contribution in [0.2, 0.25) is 0 Å². The summed E-state index contributed by atoms with van der Waals surface area (Å²) in [5.41, 5.74) is -0.0250. The fourth-order valence-corrected chi connectivity index (χ4v) is 2.40. The monoisotopic (exact) mass is 293 g/mol. The fourth-order valence-electron chi connectivity index (χ4n) is 2.40. The van der Waals surface area contributed by atoms with Crippen molar-refractivity contribution in [3.8, 4) is 11.5 Å². The van der Waals surface area contributed by atoms with Crippen LogP contribution in [0.3, 0.4) is 0 Å². The molecular formula is C15H19NO5. The molecular weight excluding hydrogens is 274 g/mol. The minimum atomic E-state index is -0.757. The molecule has 1 saturated carbocycles. The SMILES string of the molecule is COc1cccc(C(=O)OCC(=O)NC2CCCC2)c1O. The Morgan fingerprint density at radius 2 is 2.05 bits per heavy atom. The highest BCUT2D eigenvalue weighted by Gasteiger charge is 2.20. The molecule has 6 nitrogen and oxygen atoms in total. The Morgan fingerprint density at radius 3 is 2.71 bits per heavy atom. The second-order valence-corrected chi connectivity index (χ2v) is 4.98. The lowest BCUT2D eigenvalue weighted by molar-refractivity contribution is -0.124. The summed E-state index contributed by atoms with van der Waals surface area (Å²) in [4.78, 5) is 23.5. The Bertz CT molecular complexity index is 523. The van der Waals surface area contributed by atoms with Gasteiger partial charge in [-0.15, -0.1) is 0 Å². The van der Waals surface area contributed by atoms with Gasteiger partial charge in [-0.05, 0) is 25.0 Å². The van der Waals surface area contributed by atoms with Gasteiger partial charge >= 0.3 is 5.97 Å². The van der Waals surface area contributed by atoms with Gasteiger partial charge in [0.2, 0.25) is 0 Å². The van der Waals surface area contributed by atoms with E-state index in [4.69, 9.17) is 9.47 Å². The molecule has 0 heterocycles. The lowest BCUT2D eigenvalue weighted by Crippen LogP contribution is -2.35. The number of carbonyl (C=O) groups is 2. The van der Waals surface area contributed by atoms with Crippen LogP contribution in [-0.4, -0.2) is 36.7 Å². The first-order valence-corrected chi connectivity index (χ1v) is 6.94. The van der Waals surface area contributed by atoms with Gasteiger partial charge in [0.25, 0.3) is 5.91 Å². The van der Waals surface area contributed by atoms with Gasteiger partial charge in [-0.3, -0.25) is 4.79 Å². The zero-order valence-corrected chi connectivity index (χ0v) is 11.9. The molecule has 0 aliphatic heterocycles. The number of aromatic hydroxyl groups is 1. The van der Waals surface area contributed by atoms with E-state index in [9.17, 15) is 14.7 Å². The molecule has 0 bridgehead atoms. The van der Waals surface area contributed by atoms with Crippen molar-refractivity contribution in [2.75, 3.05) is 13.7 Å². The van der Waals surface area contributed by atoms with Crippen molar-refractivity contribution in [1.29, 1.82) is 0 Å². The summed E-state index contributed by atoms with van der Waals surface area (Å²) in [5.74, 6) is -1.19. The topological polar surface area (TPSA) is 84.9 Å². The van der Waals surface area contributed by atoms with E-state index in [1.807, 2.05) is 0 Å². The molecule has 2 rings (SSSR count). The zero-order valence-electron chi connectivity index (χ0n) is 11.9. The number of carbonyl (C=O) groups excluding carboxylic acids is 2. The molecule has 0 radical (unpaired) electrons. The van der Waals surface area contributed by atoms with Crippen LogP contribution in [0.15, 0.2) is 18.2 Å². The smallest absolute Gasteiger partial charge is 0.342 e. The number of para-hydroxylation sites is 1. The lowest BCUT2D eigenvalue weighted by Gasteiger charge is -2.12. The maximum Gasteiger partial charge on any atom is 0.342 e. The van der Waals surface area contributed by atoms with Crippen molar-refractivity contribution in [3.05, 3.63) is 23.8 Å². The van der Waals surface area contributed by atoms with E-state index in [1.54, 1.807) is 6.07 Å². The van der Waals surface area contributed by atoms with E-state index < -0.39 is 5.97 Å². The van der Waals surface area contributed by atoms with Gasteiger partial charge in [0.1, 0.15) is 5.56 Å². The highest BCUT2D eigenvalue weighted by molar-refractivity contribution is 5.94. The van der Waals surface area contributed by atoms with E-state index in [0.29, 0.717) is 0 Å². The van der Waals surface area contributed by atoms with Crippen molar-refractivity contribution < 1.29 is 24.2 Å². The van der Waals surface area contributed by atoms with Crippen molar-refractivity contribution in [3.63, 3.8) is 0 Å². The quantitative estimate of drug-likeness (QED) is 0.806. The third-order valence-electron chi connectivity index (χ3n) is 3.49. The molecule has 0 saturated heterocycles. The van der Waals surface area contributed by atoms with Crippen LogP contribution in [0.25, 0.3) is 0 Å². The van der Waals surface area contributed by atoms with E-state index >= 15 is 0 Å². The zero-order chi connectivity index (χ0) is 15.2. The fraction of sp³-hybridized carbons (Fsp3) is 0.467. The van der Waals surface area contributed by atoms with Gasteiger partial charge in [0.15, 0.2) is 18.1 Å². The number of phenols is 1. The number of ether oxygens (including phenoxy) is 2. The predicted octanol–water partition coefficient (Wildman–Crippen LogP) is 1.62. The van der Waals surface area contributed by atoms with Crippen LogP contribution < -0.4 is 10.1 Å². The van der Waals surface area contributed by atoms with Gasteiger partial charge in [-0.1, -0.05) is 18.9 Å².